The van der Waals surface area contributed by atoms with Gasteiger partial charge in [0.05, 0.1) is 39.3 Å². The van der Waals surface area contributed by atoms with Crippen LogP contribution >= 0.6 is 11.6 Å². The summed E-state index contributed by atoms with van der Waals surface area (Å²) in [5.74, 6) is 0.489. The molecule has 0 saturated heterocycles. The molecule has 0 aliphatic carbocycles. The van der Waals surface area contributed by atoms with Gasteiger partial charge in [0.15, 0.2) is 0 Å². The van der Waals surface area contributed by atoms with Crippen molar-refractivity contribution in [1.82, 2.24) is 14.4 Å². The van der Waals surface area contributed by atoms with Crippen LogP contribution in [-0.2, 0) is 6.54 Å². The summed E-state index contributed by atoms with van der Waals surface area (Å²) >= 11 is 5.97. The van der Waals surface area contributed by atoms with Crippen molar-refractivity contribution in [2.45, 2.75) is 6.54 Å². The Kier molecular flexibility index (Phi) is 4.06. The summed E-state index contributed by atoms with van der Waals surface area (Å²) in [6.07, 6.45) is 3.62. The Morgan fingerprint density at radius 3 is 2.85 bits per heavy atom. The summed E-state index contributed by atoms with van der Waals surface area (Å²) in [7, 11) is 0. The zero-order valence-corrected chi connectivity index (χ0v) is 14.5. The highest BCUT2D eigenvalue weighted by molar-refractivity contribution is 6.30. The quantitative estimate of drug-likeness (QED) is 0.425. The average Bonchev–Trinajstić information content (AvgIpc) is 3.07. The van der Waals surface area contributed by atoms with Crippen LogP contribution in [0.2, 0.25) is 5.02 Å². The van der Waals surface area contributed by atoms with Crippen LogP contribution in [0.1, 0.15) is 11.3 Å². The first kappa shape index (κ1) is 16.8. The lowest BCUT2D eigenvalue weighted by atomic mass is 10.1. The van der Waals surface area contributed by atoms with E-state index >= 15 is 0 Å². The fraction of sp³-hybridized carbons (Fsp3) is 0.0556. The van der Waals surface area contributed by atoms with Gasteiger partial charge in [-0.2, -0.15) is 5.26 Å². The van der Waals surface area contributed by atoms with Crippen molar-refractivity contribution in [3.8, 4) is 6.07 Å². The van der Waals surface area contributed by atoms with Gasteiger partial charge in [-0.25, -0.2) is 9.97 Å². The van der Waals surface area contributed by atoms with Crippen LogP contribution in [0.3, 0.4) is 0 Å². The molecule has 0 fully saturated rings. The second kappa shape index (κ2) is 6.55. The van der Waals surface area contributed by atoms with E-state index in [1.807, 2.05) is 16.7 Å². The minimum atomic E-state index is -0.498. The zero-order chi connectivity index (χ0) is 19.0. The molecule has 8 nitrogen and oxygen atoms in total. The van der Waals surface area contributed by atoms with Crippen molar-refractivity contribution in [3.05, 3.63) is 75.2 Å². The number of hydrogen-bond acceptors (Lipinski definition) is 6. The highest BCUT2D eigenvalue weighted by Crippen LogP contribution is 2.25. The van der Waals surface area contributed by atoms with E-state index in [0.29, 0.717) is 33.9 Å². The number of halogens is 1. The summed E-state index contributed by atoms with van der Waals surface area (Å²) in [5, 5.41) is 24.5. The second-order valence-corrected chi connectivity index (χ2v) is 6.26. The number of nitriles is 1. The number of nitrogens with zero attached hydrogens (tertiary/aromatic N) is 5. The van der Waals surface area contributed by atoms with E-state index in [1.54, 1.807) is 18.3 Å². The van der Waals surface area contributed by atoms with Crippen molar-refractivity contribution in [3.63, 3.8) is 0 Å². The first-order chi connectivity index (χ1) is 13.0. The predicted molar refractivity (Wildman–Crippen MR) is 101 cm³/mol. The molecule has 1 aromatic carbocycles. The Morgan fingerprint density at radius 1 is 1.22 bits per heavy atom. The van der Waals surface area contributed by atoms with Crippen LogP contribution in [0.25, 0.3) is 16.6 Å². The standard InChI is InChI=1S/C18H11ClN6O2/c19-12-1-4-18-22-13(10-24(18)9-12)8-21-17-5-11(7-20)15-6-14(25(26)27)2-3-16(15)23-17/h1-6,9-10H,8H2,(H,21,23). The van der Waals surface area contributed by atoms with E-state index < -0.39 is 4.92 Å². The topological polar surface area (TPSA) is 109 Å². The number of nitro benzene ring substituents is 1. The molecule has 9 heteroatoms. The van der Waals surface area contributed by atoms with E-state index in [9.17, 15) is 15.4 Å². The van der Waals surface area contributed by atoms with Gasteiger partial charge in [0.25, 0.3) is 5.69 Å². The lowest BCUT2D eigenvalue weighted by Gasteiger charge is -2.07. The second-order valence-electron chi connectivity index (χ2n) is 5.82. The van der Waals surface area contributed by atoms with Gasteiger partial charge < -0.3 is 9.72 Å². The number of non-ortho nitro benzene ring substituents is 1. The third kappa shape index (κ3) is 3.23. The van der Waals surface area contributed by atoms with Crippen molar-refractivity contribution in [1.29, 1.82) is 5.26 Å². The van der Waals surface area contributed by atoms with Crippen LogP contribution < -0.4 is 5.32 Å². The van der Waals surface area contributed by atoms with E-state index in [4.69, 9.17) is 11.6 Å². The Balaban J connectivity index is 1.64. The molecule has 3 aromatic heterocycles. The van der Waals surface area contributed by atoms with Crippen LogP contribution in [0, 0.1) is 21.4 Å². The number of rotatable bonds is 4. The smallest absolute Gasteiger partial charge is 0.270 e. The van der Waals surface area contributed by atoms with Gasteiger partial charge >= 0.3 is 0 Å². The Morgan fingerprint density at radius 2 is 2.07 bits per heavy atom. The Bertz CT molecular complexity index is 1240. The minimum Gasteiger partial charge on any atom is -0.364 e. The SMILES string of the molecule is N#Cc1cc(NCc2cn3cc(Cl)ccc3n2)nc2ccc([N+](=O)[O-])cc12. The van der Waals surface area contributed by atoms with Crippen LogP contribution in [0.4, 0.5) is 11.5 Å². The number of nitrogens with one attached hydrogen (secondary N) is 1. The summed E-state index contributed by atoms with van der Waals surface area (Å²) in [4.78, 5) is 19.3. The number of imidazole rings is 1. The van der Waals surface area contributed by atoms with Crippen molar-refractivity contribution in [2.24, 2.45) is 0 Å². The number of fused-ring (bicyclic) bond motifs is 2. The molecule has 1 N–H and O–H groups in total. The monoisotopic (exact) mass is 378 g/mol. The van der Waals surface area contributed by atoms with Gasteiger partial charge in [0.1, 0.15) is 11.5 Å². The predicted octanol–water partition coefficient (Wildman–Crippen LogP) is 3.93. The molecular formula is C18H11ClN6O2. The first-order valence-electron chi connectivity index (χ1n) is 7.90. The van der Waals surface area contributed by atoms with Crippen molar-refractivity contribution < 1.29 is 4.92 Å². The van der Waals surface area contributed by atoms with Crippen LogP contribution in [-0.4, -0.2) is 19.3 Å². The Labute approximate surface area is 157 Å². The summed E-state index contributed by atoms with van der Waals surface area (Å²) in [6.45, 7) is 0.398. The Hall–Kier alpha value is -3.70. The molecule has 0 aliphatic heterocycles. The molecule has 4 aromatic rings. The molecule has 0 unspecified atom stereocenters. The lowest BCUT2D eigenvalue weighted by Crippen LogP contribution is -2.02. The van der Waals surface area contributed by atoms with E-state index in [-0.39, 0.29) is 5.69 Å². The highest BCUT2D eigenvalue weighted by Gasteiger charge is 2.12. The number of anilines is 1. The number of benzene rings is 1. The molecule has 0 radical (unpaired) electrons. The van der Waals surface area contributed by atoms with Gasteiger partial charge in [-0.05, 0) is 24.3 Å². The van der Waals surface area contributed by atoms with Gasteiger partial charge in [-0.15, -0.1) is 0 Å². The normalized spacial score (nSPS) is 10.8. The lowest BCUT2D eigenvalue weighted by molar-refractivity contribution is -0.384. The molecule has 132 valence electrons. The fourth-order valence-electron chi connectivity index (χ4n) is 2.79. The number of hydrogen-bond donors (Lipinski definition) is 1. The highest BCUT2D eigenvalue weighted by atomic mass is 35.5. The summed E-state index contributed by atoms with van der Waals surface area (Å²) in [5.41, 5.74) is 2.29. The molecule has 0 bridgehead atoms. The molecule has 0 saturated carbocycles. The maximum atomic E-state index is 10.9. The number of aromatic nitrogens is 3. The molecule has 0 aliphatic rings. The summed E-state index contributed by atoms with van der Waals surface area (Å²) in [6, 6.07) is 11.5. The third-order valence-corrected chi connectivity index (χ3v) is 4.26. The van der Waals surface area contributed by atoms with Gasteiger partial charge in [0, 0.05) is 29.9 Å². The number of nitro groups is 1. The first-order valence-corrected chi connectivity index (χ1v) is 8.27. The van der Waals surface area contributed by atoms with Crippen molar-refractivity contribution in [2.75, 3.05) is 5.32 Å². The molecule has 3 heterocycles. The zero-order valence-electron chi connectivity index (χ0n) is 13.8. The van der Waals surface area contributed by atoms with E-state index in [0.717, 1.165) is 11.3 Å². The van der Waals surface area contributed by atoms with Gasteiger partial charge in [-0.3, -0.25) is 10.1 Å². The third-order valence-electron chi connectivity index (χ3n) is 4.04. The van der Waals surface area contributed by atoms with Crippen molar-refractivity contribution >= 4 is 39.7 Å². The van der Waals surface area contributed by atoms with E-state index in [1.165, 1.54) is 18.2 Å². The largest absolute Gasteiger partial charge is 0.364 e. The van der Waals surface area contributed by atoms with E-state index in [2.05, 4.69) is 21.4 Å². The molecule has 0 amide bonds. The minimum absolute atomic E-state index is 0.0788. The maximum absolute atomic E-state index is 10.9. The molecule has 4 rings (SSSR count). The van der Waals surface area contributed by atoms with Crippen LogP contribution in [0.15, 0.2) is 48.8 Å². The average molecular weight is 379 g/mol. The molecule has 0 atom stereocenters. The maximum Gasteiger partial charge on any atom is 0.270 e. The molecule has 0 spiro atoms. The molecular weight excluding hydrogens is 368 g/mol. The van der Waals surface area contributed by atoms with Gasteiger partial charge in [0.2, 0.25) is 0 Å². The molecule has 27 heavy (non-hydrogen) atoms. The fourth-order valence-corrected chi connectivity index (χ4v) is 2.96. The van der Waals surface area contributed by atoms with Crippen LogP contribution in [0.5, 0.6) is 0 Å². The number of pyridine rings is 2. The van der Waals surface area contributed by atoms with Gasteiger partial charge in [-0.1, -0.05) is 11.6 Å². The summed E-state index contributed by atoms with van der Waals surface area (Å²) < 4.78 is 1.83.